The van der Waals surface area contributed by atoms with Crippen LogP contribution >= 0.6 is 31.9 Å². The van der Waals surface area contributed by atoms with Gasteiger partial charge < -0.3 is 4.74 Å². The van der Waals surface area contributed by atoms with Crippen LogP contribution in [0.4, 0.5) is 8.78 Å². The first-order valence-corrected chi connectivity index (χ1v) is 8.26. The maximum absolute atomic E-state index is 12.8. The molecule has 2 rings (SSSR count). The molecule has 2 aromatic rings. The molecule has 112 valence electrons. The van der Waals surface area contributed by atoms with Crippen molar-refractivity contribution in [3.8, 4) is 0 Å². The maximum atomic E-state index is 12.8. The zero-order valence-electron chi connectivity index (χ0n) is 11.1. The van der Waals surface area contributed by atoms with Crippen LogP contribution in [0.2, 0.25) is 0 Å². The van der Waals surface area contributed by atoms with Crippen LogP contribution in [0.3, 0.4) is 0 Å². The second-order valence-electron chi connectivity index (χ2n) is 4.58. The van der Waals surface area contributed by atoms with Gasteiger partial charge in [0, 0.05) is 0 Å². The van der Waals surface area contributed by atoms with Crippen LogP contribution in [0.25, 0.3) is 0 Å². The van der Waals surface area contributed by atoms with Crippen molar-refractivity contribution in [2.24, 2.45) is 0 Å². The smallest absolute Gasteiger partial charge is 0.123 e. The van der Waals surface area contributed by atoms with Crippen LogP contribution in [0.15, 0.2) is 48.5 Å². The molecule has 0 aromatic heterocycles. The molecular weight excluding hydrogens is 406 g/mol. The minimum Gasteiger partial charge on any atom is -0.378 e. The van der Waals surface area contributed by atoms with Crippen LogP contribution in [-0.2, 0) is 4.74 Å². The fourth-order valence-electron chi connectivity index (χ4n) is 1.81. The average molecular weight is 420 g/mol. The van der Waals surface area contributed by atoms with Crippen LogP contribution < -0.4 is 0 Å². The van der Waals surface area contributed by atoms with Gasteiger partial charge in [-0.3, -0.25) is 0 Å². The molecule has 21 heavy (non-hydrogen) atoms. The summed E-state index contributed by atoms with van der Waals surface area (Å²) in [5, 5.41) is 0. The Morgan fingerprint density at radius 1 is 0.714 bits per heavy atom. The normalized spacial score (nSPS) is 13.9. The molecule has 0 radical (unpaired) electrons. The monoisotopic (exact) mass is 418 g/mol. The molecule has 0 bridgehead atoms. The molecule has 0 N–H and O–H groups in total. The van der Waals surface area contributed by atoms with E-state index >= 15 is 0 Å². The summed E-state index contributed by atoms with van der Waals surface area (Å²) in [6, 6.07) is 12.6. The summed E-state index contributed by atoms with van der Waals surface area (Å²) in [7, 11) is 0. The second-order valence-corrected chi connectivity index (χ2v) is 6.79. The summed E-state index contributed by atoms with van der Waals surface area (Å²) < 4.78 is 31.3. The highest BCUT2D eigenvalue weighted by atomic mass is 79.9. The van der Waals surface area contributed by atoms with Crippen molar-refractivity contribution < 1.29 is 13.5 Å². The maximum Gasteiger partial charge on any atom is 0.123 e. The number of hydrogen-bond acceptors (Lipinski definition) is 1. The highest BCUT2D eigenvalue weighted by Crippen LogP contribution is 2.26. The largest absolute Gasteiger partial charge is 0.378 e. The molecule has 2 aromatic carbocycles. The Kier molecular flexibility index (Phi) is 6.33. The molecule has 0 heterocycles. The number of hydrogen-bond donors (Lipinski definition) is 0. The molecular formula is C16H14Br2F2O. The fraction of sp³-hybridized carbons (Fsp3) is 0.250. The summed E-state index contributed by atoms with van der Waals surface area (Å²) in [5.74, 6) is -0.507. The number of rotatable bonds is 6. The van der Waals surface area contributed by atoms with Gasteiger partial charge >= 0.3 is 0 Å². The number of halogens is 4. The van der Waals surface area contributed by atoms with Crippen LogP contribution in [0.1, 0.15) is 20.8 Å². The van der Waals surface area contributed by atoms with Gasteiger partial charge in [-0.2, -0.15) is 0 Å². The molecule has 2 unspecified atom stereocenters. The Labute approximate surface area is 139 Å². The van der Waals surface area contributed by atoms with E-state index in [-0.39, 0.29) is 21.3 Å². The van der Waals surface area contributed by atoms with E-state index in [1.807, 2.05) is 0 Å². The van der Waals surface area contributed by atoms with Crippen molar-refractivity contribution >= 4 is 31.9 Å². The van der Waals surface area contributed by atoms with Gasteiger partial charge in [0.25, 0.3) is 0 Å². The summed E-state index contributed by atoms with van der Waals surface area (Å²) in [5.41, 5.74) is 1.92. The average Bonchev–Trinajstić information content (AvgIpc) is 2.48. The van der Waals surface area contributed by atoms with Crippen molar-refractivity contribution in [1.29, 1.82) is 0 Å². The molecule has 0 amide bonds. The predicted octanol–water partition coefficient (Wildman–Crippen LogP) is 5.55. The first kappa shape index (κ1) is 16.6. The molecule has 0 spiro atoms. The zero-order chi connectivity index (χ0) is 15.2. The minimum absolute atomic E-state index is 0.00557. The van der Waals surface area contributed by atoms with Gasteiger partial charge in [0.2, 0.25) is 0 Å². The van der Waals surface area contributed by atoms with E-state index in [1.54, 1.807) is 24.3 Å². The topological polar surface area (TPSA) is 9.23 Å². The standard InChI is InChI=1S/C16H14Br2F2O/c17-15(11-1-5-13(19)6-2-11)9-21-10-16(18)12-3-7-14(20)8-4-12/h1-8,15-16H,9-10H2. The quantitative estimate of drug-likeness (QED) is 0.557. The third-order valence-corrected chi connectivity index (χ3v) is 4.58. The second kappa shape index (κ2) is 8.01. The Morgan fingerprint density at radius 3 is 1.38 bits per heavy atom. The Bertz CT molecular complexity index is 506. The van der Waals surface area contributed by atoms with Gasteiger partial charge in [0.05, 0.1) is 22.9 Å². The zero-order valence-corrected chi connectivity index (χ0v) is 14.3. The molecule has 2 atom stereocenters. The molecule has 0 fully saturated rings. The predicted molar refractivity (Wildman–Crippen MR) is 87.0 cm³/mol. The van der Waals surface area contributed by atoms with Crippen molar-refractivity contribution in [1.82, 2.24) is 0 Å². The number of alkyl halides is 2. The van der Waals surface area contributed by atoms with Gasteiger partial charge in [-0.05, 0) is 35.4 Å². The molecule has 0 aliphatic heterocycles. The number of ether oxygens (including phenoxy) is 1. The van der Waals surface area contributed by atoms with Gasteiger partial charge in [-0.1, -0.05) is 56.1 Å². The van der Waals surface area contributed by atoms with E-state index in [4.69, 9.17) is 4.74 Å². The summed E-state index contributed by atoms with van der Waals surface area (Å²) in [4.78, 5) is 0.0111. The van der Waals surface area contributed by atoms with E-state index in [0.29, 0.717) is 13.2 Å². The Morgan fingerprint density at radius 2 is 1.05 bits per heavy atom. The molecule has 5 heteroatoms. The van der Waals surface area contributed by atoms with Crippen molar-refractivity contribution in [3.63, 3.8) is 0 Å². The van der Waals surface area contributed by atoms with Crippen LogP contribution in [0.5, 0.6) is 0 Å². The lowest BCUT2D eigenvalue weighted by atomic mass is 10.1. The van der Waals surface area contributed by atoms with Gasteiger partial charge in [-0.15, -0.1) is 0 Å². The lowest BCUT2D eigenvalue weighted by molar-refractivity contribution is 0.139. The van der Waals surface area contributed by atoms with Gasteiger partial charge in [0.15, 0.2) is 0 Å². The summed E-state index contributed by atoms with van der Waals surface area (Å²) >= 11 is 7.03. The van der Waals surface area contributed by atoms with Crippen molar-refractivity contribution in [2.75, 3.05) is 13.2 Å². The Hall–Kier alpha value is -0.780. The highest BCUT2D eigenvalue weighted by molar-refractivity contribution is 9.09. The fourth-order valence-corrected chi connectivity index (χ4v) is 2.79. The summed E-state index contributed by atoms with van der Waals surface area (Å²) in [6.07, 6.45) is 0. The van der Waals surface area contributed by atoms with E-state index in [1.165, 1.54) is 24.3 Å². The highest BCUT2D eigenvalue weighted by Gasteiger charge is 2.11. The summed E-state index contributed by atoms with van der Waals surface area (Å²) in [6.45, 7) is 0.934. The SMILES string of the molecule is Fc1ccc(C(Br)COCC(Br)c2ccc(F)cc2)cc1. The van der Waals surface area contributed by atoms with E-state index < -0.39 is 0 Å². The molecule has 1 nitrogen and oxygen atoms in total. The van der Waals surface area contributed by atoms with E-state index in [9.17, 15) is 8.78 Å². The molecule has 0 saturated heterocycles. The lowest BCUT2D eigenvalue weighted by Crippen LogP contribution is -2.07. The molecule has 0 aliphatic rings. The van der Waals surface area contributed by atoms with Crippen molar-refractivity contribution in [2.45, 2.75) is 9.65 Å². The third kappa shape index (κ3) is 5.16. The third-order valence-electron chi connectivity index (χ3n) is 2.99. The van der Waals surface area contributed by atoms with Crippen LogP contribution in [-0.4, -0.2) is 13.2 Å². The minimum atomic E-state index is -0.254. The Balaban J connectivity index is 1.80. The lowest BCUT2D eigenvalue weighted by Gasteiger charge is -2.14. The van der Waals surface area contributed by atoms with Crippen molar-refractivity contribution in [3.05, 3.63) is 71.3 Å². The van der Waals surface area contributed by atoms with Gasteiger partial charge in [0.1, 0.15) is 11.6 Å². The molecule has 0 aliphatic carbocycles. The van der Waals surface area contributed by atoms with E-state index in [0.717, 1.165) is 11.1 Å². The van der Waals surface area contributed by atoms with Crippen LogP contribution in [0, 0.1) is 11.6 Å². The molecule has 0 saturated carbocycles. The van der Waals surface area contributed by atoms with E-state index in [2.05, 4.69) is 31.9 Å². The van der Waals surface area contributed by atoms with Gasteiger partial charge in [-0.25, -0.2) is 8.78 Å². The first-order chi connectivity index (χ1) is 10.1. The number of benzene rings is 2. The first-order valence-electron chi connectivity index (χ1n) is 6.43.